The number of ether oxygens (including phenoxy) is 2. The lowest BCUT2D eigenvalue weighted by molar-refractivity contribution is -0.257. The summed E-state index contributed by atoms with van der Waals surface area (Å²) in [4.78, 5) is 23.8. The Labute approximate surface area is 196 Å². The molecular weight excluding hydrogens is 469 g/mol. The molecule has 0 radical (unpaired) electrons. The van der Waals surface area contributed by atoms with Crippen molar-refractivity contribution >= 4 is 16.9 Å². The first-order valence-corrected chi connectivity index (χ1v) is 10.4. The highest BCUT2D eigenvalue weighted by molar-refractivity contribution is 5.82. The molecule has 0 N–H and O–H groups in total. The minimum atomic E-state index is -5.01. The van der Waals surface area contributed by atoms with Crippen molar-refractivity contribution in [2.24, 2.45) is 0 Å². The summed E-state index contributed by atoms with van der Waals surface area (Å²) in [5.74, 6) is -4.16. The SMILES string of the molecule is CC(C)c1ccccc1Oc1c(C(F)(F)F)oc2cc(OCc3ccc(C(=O)[O-])o3)ccc2c1=O. The number of rotatable bonds is 7. The molecule has 0 spiro atoms. The summed E-state index contributed by atoms with van der Waals surface area (Å²) in [6.45, 7) is 3.47. The van der Waals surface area contributed by atoms with Crippen LogP contribution in [0.5, 0.6) is 17.2 Å². The van der Waals surface area contributed by atoms with Gasteiger partial charge in [-0.1, -0.05) is 32.0 Å². The van der Waals surface area contributed by atoms with Gasteiger partial charge in [-0.05, 0) is 41.8 Å². The normalized spacial score (nSPS) is 11.7. The van der Waals surface area contributed by atoms with E-state index in [-0.39, 0.29) is 40.8 Å². The van der Waals surface area contributed by atoms with Crippen molar-refractivity contribution in [2.45, 2.75) is 32.5 Å². The lowest BCUT2D eigenvalue weighted by Crippen LogP contribution is -2.21. The number of hydrogen-bond donors (Lipinski definition) is 0. The minimum Gasteiger partial charge on any atom is -0.542 e. The number of hydrogen-bond acceptors (Lipinski definition) is 7. The molecule has 0 bridgehead atoms. The second-order valence-corrected chi connectivity index (χ2v) is 7.88. The molecular formula is C25H18F3O7-. The molecule has 2 aromatic heterocycles. The third-order valence-electron chi connectivity index (χ3n) is 5.08. The third kappa shape index (κ3) is 5.01. The van der Waals surface area contributed by atoms with E-state index in [9.17, 15) is 27.9 Å². The van der Waals surface area contributed by atoms with Gasteiger partial charge in [0.25, 0.3) is 5.76 Å². The predicted molar refractivity (Wildman–Crippen MR) is 115 cm³/mol. The van der Waals surface area contributed by atoms with E-state index < -0.39 is 34.8 Å². The maximum absolute atomic E-state index is 13.8. The highest BCUT2D eigenvalue weighted by atomic mass is 19.4. The topological polar surface area (TPSA) is 102 Å². The fourth-order valence-electron chi connectivity index (χ4n) is 3.41. The number of benzene rings is 2. The summed E-state index contributed by atoms with van der Waals surface area (Å²) < 4.78 is 62.6. The molecule has 35 heavy (non-hydrogen) atoms. The fourth-order valence-corrected chi connectivity index (χ4v) is 3.41. The Bertz CT molecular complexity index is 1450. The molecule has 0 atom stereocenters. The number of carboxylic acid groups (broad SMARTS) is 1. The summed E-state index contributed by atoms with van der Waals surface area (Å²) in [5.41, 5.74) is -0.726. The second kappa shape index (κ2) is 9.21. The standard InChI is InChI=1S/C25H19F3O7/c1-13(2)16-5-3-4-6-18(16)34-22-21(29)17-9-7-14(11-20(17)35-23(22)25(26,27)28)32-12-15-8-10-19(33-15)24(30)31/h3-11,13H,12H2,1-2H3,(H,30,31)/p-1. The summed E-state index contributed by atoms with van der Waals surface area (Å²) in [7, 11) is 0. The number of furan rings is 1. The first-order valence-electron chi connectivity index (χ1n) is 10.4. The Hall–Kier alpha value is -4.21. The number of para-hydroxylation sites is 1. The first-order chi connectivity index (χ1) is 16.5. The van der Waals surface area contributed by atoms with Crippen molar-refractivity contribution in [3.63, 3.8) is 0 Å². The largest absolute Gasteiger partial charge is 0.542 e. The molecule has 0 saturated carbocycles. The molecule has 2 aromatic carbocycles. The van der Waals surface area contributed by atoms with Gasteiger partial charge in [0, 0.05) is 6.07 Å². The van der Waals surface area contributed by atoms with Crippen LogP contribution in [0.3, 0.4) is 0 Å². The van der Waals surface area contributed by atoms with Crippen LogP contribution in [0.15, 0.2) is 68.2 Å². The quantitative estimate of drug-likeness (QED) is 0.350. The lowest BCUT2D eigenvalue weighted by atomic mass is 10.0. The smallest absolute Gasteiger partial charge is 0.453 e. The van der Waals surface area contributed by atoms with E-state index in [0.717, 1.165) is 6.07 Å². The maximum Gasteiger partial charge on any atom is 0.453 e. The van der Waals surface area contributed by atoms with Crippen molar-refractivity contribution in [3.8, 4) is 17.2 Å². The van der Waals surface area contributed by atoms with Crippen LogP contribution in [0.2, 0.25) is 0 Å². The first kappa shape index (κ1) is 23.9. The highest BCUT2D eigenvalue weighted by Crippen LogP contribution is 2.40. The van der Waals surface area contributed by atoms with Crippen LogP contribution in [-0.4, -0.2) is 5.97 Å². The molecule has 0 saturated heterocycles. The second-order valence-electron chi connectivity index (χ2n) is 7.88. The Morgan fingerprint density at radius 1 is 1.06 bits per heavy atom. The van der Waals surface area contributed by atoms with Gasteiger partial charge in [-0.3, -0.25) is 4.79 Å². The molecule has 4 rings (SSSR count). The van der Waals surface area contributed by atoms with Gasteiger partial charge < -0.3 is 28.2 Å². The average Bonchev–Trinajstić information content (AvgIpc) is 3.28. The number of alkyl halides is 3. The molecule has 4 aromatic rings. The van der Waals surface area contributed by atoms with Crippen LogP contribution in [0.4, 0.5) is 13.2 Å². The van der Waals surface area contributed by atoms with Crippen LogP contribution in [0, 0.1) is 0 Å². The zero-order valence-electron chi connectivity index (χ0n) is 18.5. The van der Waals surface area contributed by atoms with Crippen molar-refractivity contribution in [1.29, 1.82) is 0 Å². The molecule has 10 heteroatoms. The highest BCUT2D eigenvalue weighted by Gasteiger charge is 2.40. The van der Waals surface area contributed by atoms with Gasteiger partial charge >= 0.3 is 6.18 Å². The molecule has 0 aliphatic carbocycles. The molecule has 0 aliphatic heterocycles. The molecule has 2 heterocycles. The van der Waals surface area contributed by atoms with Crippen molar-refractivity contribution in [1.82, 2.24) is 0 Å². The number of fused-ring (bicyclic) bond motifs is 1. The van der Waals surface area contributed by atoms with Crippen LogP contribution in [-0.2, 0) is 12.8 Å². The van der Waals surface area contributed by atoms with Crippen LogP contribution in [0.25, 0.3) is 11.0 Å². The predicted octanol–water partition coefficient (Wildman–Crippen LogP) is 5.26. The van der Waals surface area contributed by atoms with E-state index in [4.69, 9.17) is 18.3 Å². The zero-order chi connectivity index (χ0) is 25.3. The van der Waals surface area contributed by atoms with E-state index in [0.29, 0.717) is 5.56 Å². The lowest BCUT2D eigenvalue weighted by Gasteiger charge is -2.16. The van der Waals surface area contributed by atoms with Crippen molar-refractivity contribution < 1.29 is 41.4 Å². The number of carbonyl (C=O) groups excluding carboxylic acids is 1. The van der Waals surface area contributed by atoms with E-state index >= 15 is 0 Å². The van der Waals surface area contributed by atoms with E-state index in [1.54, 1.807) is 18.2 Å². The van der Waals surface area contributed by atoms with Gasteiger partial charge in [-0.25, -0.2) is 0 Å². The molecule has 0 aliphatic rings. The Morgan fingerprint density at radius 3 is 2.46 bits per heavy atom. The van der Waals surface area contributed by atoms with Crippen molar-refractivity contribution in [3.05, 3.63) is 87.7 Å². The Balaban J connectivity index is 1.72. The molecule has 7 nitrogen and oxygen atoms in total. The Morgan fingerprint density at radius 2 is 1.80 bits per heavy atom. The Kier molecular flexibility index (Phi) is 6.29. The average molecular weight is 487 g/mol. The molecule has 0 unspecified atom stereocenters. The third-order valence-corrected chi connectivity index (χ3v) is 5.08. The van der Waals surface area contributed by atoms with Gasteiger partial charge in [0.2, 0.25) is 11.2 Å². The van der Waals surface area contributed by atoms with Crippen LogP contribution in [0.1, 0.15) is 47.4 Å². The molecule has 0 amide bonds. The van der Waals surface area contributed by atoms with Crippen LogP contribution < -0.4 is 20.0 Å². The number of carbonyl (C=O) groups is 1. The minimum absolute atomic E-state index is 0.0651. The van der Waals surface area contributed by atoms with Gasteiger partial charge in [0.15, 0.2) is 0 Å². The van der Waals surface area contributed by atoms with E-state index in [2.05, 4.69) is 0 Å². The molecule has 182 valence electrons. The van der Waals surface area contributed by atoms with Gasteiger partial charge in [0.05, 0.1) is 5.39 Å². The summed E-state index contributed by atoms with van der Waals surface area (Å²) in [6.07, 6.45) is -5.01. The van der Waals surface area contributed by atoms with Gasteiger partial charge in [-0.15, -0.1) is 0 Å². The summed E-state index contributed by atoms with van der Waals surface area (Å²) in [6, 6.07) is 12.8. The molecule has 0 fully saturated rings. The maximum atomic E-state index is 13.8. The summed E-state index contributed by atoms with van der Waals surface area (Å²) >= 11 is 0. The number of halogens is 3. The van der Waals surface area contributed by atoms with Crippen molar-refractivity contribution in [2.75, 3.05) is 0 Å². The fraction of sp³-hybridized carbons (Fsp3) is 0.200. The monoisotopic (exact) mass is 487 g/mol. The number of carboxylic acids is 1. The van der Waals surface area contributed by atoms with E-state index in [1.807, 2.05) is 13.8 Å². The summed E-state index contributed by atoms with van der Waals surface area (Å²) in [5, 5.41) is 10.6. The van der Waals surface area contributed by atoms with Gasteiger partial charge in [-0.2, -0.15) is 13.2 Å². The van der Waals surface area contributed by atoms with Crippen LogP contribution >= 0.6 is 0 Å². The number of aromatic carboxylic acids is 1. The zero-order valence-corrected chi connectivity index (χ0v) is 18.5. The van der Waals surface area contributed by atoms with E-state index in [1.165, 1.54) is 30.3 Å². The van der Waals surface area contributed by atoms with Gasteiger partial charge in [0.1, 0.15) is 41.2 Å².